The van der Waals surface area contributed by atoms with E-state index < -0.39 is 11.7 Å². The first-order valence-electron chi connectivity index (χ1n) is 7.65. The summed E-state index contributed by atoms with van der Waals surface area (Å²) in [5.41, 5.74) is 1.27. The summed E-state index contributed by atoms with van der Waals surface area (Å²) in [4.78, 5) is 0. The molecule has 0 fully saturated rings. The summed E-state index contributed by atoms with van der Waals surface area (Å²) in [7, 11) is 1.60. The maximum absolute atomic E-state index is 12.8. The molecule has 0 amide bonds. The second-order valence-electron chi connectivity index (χ2n) is 5.72. The van der Waals surface area contributed by atoms with Gasteiger partial charge in [-0.2, -0.15) is 13.2 Å². The predicted octanol–water partition coefficient (Wildman–Crippen LogP) is 5.59. The van der Waals surface area contributed by atoms with Gasteiger partial charge in [-0.15, -0.1) is 0 Å². The van der Waals surface area contributed by atoms with Crippen LogP contribution in [0.15, 0.2) is 72.8 Å². The van der Waals surface area contributed by atoms with Gasteiger partial charge in [0.05, 0.1) is 12.7 Å². The summed E-state index contributed by atoms with van der Waals surface area (Å²) in [6, 6.07) is 13.1. The Kier molecular flexibility index (Phi) is 4.47. The van der Waals surface area contributed by atoms with Crippen LogP contribution in [0.2, 0.25) is 0 Å². The molecule has 0 aromatic heterocycles. The number of benzene rings is 2. The number of hydrogen-bond acceptors (Lipinski definition) is 1. The highest BCUT2D eigenvalue weighted by molar-refractivity contribution is 5.41. The number of halogens is 3. The van der Waals surface area contributed by atoms with Gasteiger partial charge in [-0.25, -0.2) is 0 Å². The Hall–Kier alpha value is -2.49. The van der Waals surface area contributed by atoms with E-state index >= 15 is 0 Å². The zero-order chi connectivity index (χ0) is 17.2. The van der Waals surface area contributed by atoms with Crippen LogP contribution in [0.3, 0.4) is 0 Å². The molecule has 0 bridgehead atoms. The van der Waals surface area contributed by atoms with Gasteiger partial charge >= 0.3 is 6.18 Å². The second kappa shape index (κ2) is 6.56. The summed E-state index contributed by atoms with van der Waals surface area (Å²) in [5.74, 6) is 0.839. The Balaban J connectivity index is 1.98. The quantitative estimate of drug-likeness (QED) is 0.710. The van der Waals surface area contributed by atoms with E-state index in [1.165, 1.54) is 0 Å². The van der Waals surface area contributed by atoms with E-state index in [9.17, 15) is 13.2 Å². The summed E-state index contributed by atoms with van der Waals surface area (Å²) in [6.07, 6.45) is 3.73. The number of rotatable bonds is 4. The fourth-order valence-corrected chi connectivity index (χ4v) is 3.00. The van der Waals surface area contributed by atoms with Gasteiger partial charge in [-0.05, 0) is 35.4 Å². The minimum absolute atomic E-state index is 0.0341. The third kappa shape index (κ3) is 3.37. The first-order valence-corrected chi connectivity index (χ1v) is 7.65. The molecule has 0 spiro atoms. The lowest BCUT2D eigenvalue weighted by atomic mass is 9.81. The zero-order valence-electron chi connectivity index (χ0n) is 13.1. The molecule has 1 nitrogen and oxygen atoms in total. The van der Waals surface area contributed by atoms with E-state index in [-0.39, 0.29) is 11.8 Å². The van der Waals surface area contributed by atoms with E-state index in [0.717, 1.165) is 29.0 Å². The zero-order valence-corrected chi connectivity index (χ0v) is 13.1. The molecule has 2 aromatic rings. The van der Waals surface area contributed by atoms with Crippen molar-refractivity contribution < 1.29 is 17.9 Å². The molecule has 0 aliphatic heterocycles. The molecule has 4 heteroatoms. The van der Waals surface area contributed by atoms with Crippen molar-refractivity contribution in [1.29, 1.82) is 0 Å². The van der Waals surface area contributed by atoms with Crippen LogP contribution in [-0.2, 0) is 6.18 Å². The average molecular weight is 330 g/mol. The number of ether oxygens (including phenoxy) is 1. The number of allylic oxidation sites excluding steroid dienone is 4. The molecule has 1 aliphatic carbocycles. The van der Waals surface area contributed by atoms with Crippen molar-refractivity contribution in [1.82, 2.24) is 0 Å². The molecule has 124 valence electrons. The molecule has 0 saturated heterocycles. The number of methoxy groups -OCH3 is 1. The van der Waals surface area contributed by atoms with Crippen LogP contribution in [0.4, 0.5) is 13.2 Å². The van der Waals surface area contributed by atoms with Crippen molar-refractivity contribution in [2.45, 2.75) is 12.1 Å². The van der Waals surface area contributed by atoms with Gasteiger partial charge in [0.2, 0.25) is 0 Å². The van der Waals surface area contributed by atoms with E-state index in [1.807, 2.05) is 36.4 Å². The Bertz CT molecular complexity index is 728. The van der Waals surface area contributed by atoms with Gasteiger partial charge in [-0.3, -0.25) is 0 Å². The third-order valence-corrected chi connectivity index (χ3v) is 4.23. The Morgan fingerprint density at radius 1 is 0.833 bits per heavy atom. The highest BCUT2D eigenvalue weighted by atomic mass is 19.4. The van der Waals surface area contributed by atoms with E-state index in [1.54, 1.807) is 19.2 Å². The summed E-state index contributed by atoms with van der Waals surface area (Å²) in [6.45, 7) is 0. The van der Waals surface area contributed by atoms with Gasteiger partial charge in [0.25, 0.3) is 0 Å². The number of hydrogen-bond donors (Lipinski definition) is 0. The van der Waals surface area contributed by atoms with Crippen molar-refractivity contribution in [2.75, 3.05) is 7.11 Å². The molecule has 1 aliphatic rings. The van der Waals surface area contributed by atoms with Crippen LogP contribution in [0, 0.1) is 5.92 Å². The lowest BCUT2D eigenvalue weighted by Gasteiger charge is -2.23. The molecular formula is C20H17F3O. The van der Waals surface area contributed by atoms with Crippen molar-refractivity contribution in [3.63, 3.8) is 0 Å². The Morgan fingerprint density at radius 2 is 1.33 bits per heavy atom. The van der Waals surface area contributed by atoms with Gasteiger partial charge < -0.3 is 4.74 Å². The first kappa shape index (κ1) is 16.4. The molecular weight excluding hydrogens is 313 g/mol. The van der Waals surface area contributed by atoms with Crippen LogP contribution in [0.5, 0.6) is 5.75 Å². The van der Waals surface area contributed by atoms with E-state index in [0.29, 0.717) is 0 Å². The Morgan fingerprint density at radius 3 is 1.79 bits per heavy atom. The maximum Gasteiger partial charge on any atom is 0.416 e. The van der Waals surface area contributed by atoms with E-state index in [2.05, 4.69) is 12.2 Å². The lowest BCUT2D eigenvalue weighted by Crippen LogP contribution is -2.11. The fourth-order valence-electron chi connectivity index (χ4n) is 3.00. The second-order valence-corrected chi connectivity index (χ2v) is 5.72. The topological polar surface area (TPSA) is 9.23 Å². The molecule has 1 atom stereocenters. The van der Waals surface area contributed by atoms with Crippen LogP contribution in [0.1, 0.15) is 22.6 Å². The van der Waals surface area contributed by atoms with Crippen molar-refractivity contribution in [3.05, 3.63) is 89.5 Å². The van der Waals surface area contributed by atoms with Gasteiger partial charge in [0.1, 0.15) is 5.75 Å². The third-order valence-electron chi connectivity index (χ3n) is 4.23. The minimum atomic E-state index is -4.32. The summed E-state index contributed by atoms with van der Waals surface area (Å²) >= 11 is 0. The first-order chi connectivity index (χ1) is 11.5. The normalized spacial score (nSPS) is 15.7. The van der Waals surface area contributed by atoms with Crippen LogP contribution >= 0.6 is 0 Å². The van der Waals surface area contributed by atoms with Gasteiger partial charge in [0, 0.05) is 11.8 Å². The summed E-state index contributed by atoms with van der Waals surface area (Å²) < 4.78 is 43.6. The van der Waals surface area contributed by atoms with Crippen molar-refractivity contribution >= 4 is 0 Å². The standard InChI is InChI=1S/C20H17F3O/c1-24-18-12-8-16(9-13-18)19(14-4-2-3-5-14)15-6-10-17(11-7-15)20(21,22)23/h2-14,19H,1H3. The molecule has 0 heterocycles. The fraction of sp³-hybridized carbons (Fsp3) is 0.200. The SMILES string of the molecule is COc1ccc(C(c2ccc(C(F)(F)F)cc2)C2C=CC=C2)cc1. The highest BCUT2D eigenvalue weighted by Gasteiger charge is 2.31. The molecule has 3 rings (SSSR count). The van der Waals surface area contributed by atoms with E-state index in [4.69, 9.17) is 4.74 Å². The molecule has 1 unspecified atom stereocenters. The molecule has 0 radical (unpaired) electrons. The Labute approximate surface area is 139 Å². The largest absolute Gasteiger partial charge is 0.497 e. The van der Waals surface area contributed by atoms with Crippen molar-refractivity contribution in [3.8, 4) is 5.75 Å². The minimum Gasteiger partial charge on any atom is -0.497 e. The van der Waals surface area contributed by atoms with Crippen LogP contribution < -0.4 is 4.74 Å². The number of alkyl halides is 3. The van der Waals surface area contributed by atoms with Crippen molar-refractivity contribution in [2.24, 2.45) is 5.92 Å². The molecule has 24 heavy (non-hydrogen) atoms. The predicted molar refractivity (Wildman–Crippen MR) is 88.1 cm³/mol. The molecule has 0 saturated carbocycles. The smallest absolute Gasteiger partial charge is 0.416 e. The molecule has 0 N–H and O–H groups in total. The average Bonchev–Trinajstić information content (AvgIpc) is 3.09. The van der Waals surface area contributed by atoms with Crippen LogP contribution in [-0.4, -0.2) is 7.11 Å². The maximum atomic E-state index is 12.8. The summed E-state index contributed by atoms with van der Waals surface area (Å²) in [5, 5.41) is 0. The van der Waals surface area contributed by atoms with Crippen LogP contribution in [0.25, 0.3) is 0 Å². The van der Waals surface area contributed by atoms with Gasteiger partial charge in [0.15, 0.2) is 0 Å². The highest BCUT2D eigenvalue weighted by Crippen LogP contribution is 2.38. The monoisotopic (exact) mass is 330 g/mol. The molecule has 2 aromatic carbocycles. The lowest BCUT2D eigenvalue weighted by molar-refractivity contribution is -0.137. The van der Waals surface area contributed by atoms with Gasteiger partial charge in [-0.1, -0.05) is 48.6 Å².